The van der Waals surface area contributed by atoms with Crippen LogP contribution in [0.2, 0.25) is 0 Å². The standard InChI is InChI=1S/C24H20FNO4/c1-30-22-12-5-2-9-18(22)21(27)14-24(29)19-10-3-4-11-20(19)26(23(24)28)15-16-7-6-8-17(25)13-16/h2-13,29H,14-15H2,1H3. The maximum atomic E-state index is 13.6. The molecule has 30 heavy (non-hydrogen) atoms. The lowest BCUT2D eigenvalue weighted by atomic mass is 9.88. The Hall–Kier alpha value is -3.51. The molecule has 0 aliphatic carbocycles. The summed E-state index contributed by atoms with van der Waals surface area (Å²) in [5.74, 6) is -1.06. The predicted molar refractivity (Wildman–Crippen MR) is 110 cm³/mol. The van der Waals surface area contributed by atoms with E-state index in [4.69, 9.17) is 4.74 Å². The van der Waals surface area contributed by atoms with Crippen molar-refractivity contribution in [1.29, 1.82) is 0 Å². The molecule has 0 fully saturated rings. The van der Waals surface area contributed by atoms with Crippen LogP contribution < -0.4 is 9.64 Å². The number of benzene rings is 3. The van der Waals surface area contributed by atoms with Crippen molar-refractivity contribution in [3.05, 3.63) is 95.3 Å². The lowest BCUT2D eigenvalue weighted by molar-refractivity contribution is -0.136. The van der Waals surface area contributed by atoms with Gasteiger partial charge >= 0.3 is 0 Å². The molecule has 0 saturated carbocycles. The summed E-state index contributed by atoms with van der Waals surface area (Å²) in [5.41, 5.74) is -0.278. The Morgan fingerprint density at radius 1 is 1.07 bits per heavy atom. The molecule has 3 aromatic rings. The lowest BCUT2D eigenvalue weighted by Gasteiger charge is -2.23. The molecule has 152 valence electrons. The number of hydrogen-bond acceptors (Lipinski definition) is 4. The highest BCUT2D eigenvalue weighted by Crippen LogP contribution is 2.43. The number of halogens is 1. The number of ketones is 1. The third kappa shape index (κ3) is 3.35. The van der Waals surface area contributed by atoms with Gasteiger partial charge < -0.3 is 14.7 Å². The fourth-order valence-corrected chi connectivity index (χ4v) is 3.85. The van der Waals surface area contributed by atoms with Crippen molar-refractivity contribution in [1.82, 2.24) is 0 Å². The van der Waals surface area contributed by atoms with Crippen LogP contribution in [0.3, 0.4) is 0 Å². The summed E-state index contributed by atoms with van der Waals surface area (Å²) in [6.07, 6.45) is -0.428. The van der Waals surface area contributed by atoms with E-state index in [0.29, 0.717) is 28.1 Å². The summed E-state index contributed by atoms with van der Waals surface area (Å²) in [6.45, 7) is 0.0821. The molecule has 4 rings (SSSR count). The van der Waals surface area contributed by atoms with Gasteiger partial charge in [0.05, 0.1) is 31.3 Å². The fraction of sp³-hybridized carbons (Fsp3) is 0.167. The van der Waals surface area contributed by atoms with E-state index in [1.165, 1.54) is 24.1 Å². The highest BCUT2D eigenvalue weighted by atomic mass is 19.1. The number of carbonyl (C=O) groups is 2. The summed E-state index contributed by atoms with van der Waals surface area (Å²) in [4.78, 5) is 27.7. The van der Waals surface area contributed by atoms with Crippen molar-refractivity contribution in [3.8, 4) is 5.75 Å². The van der Waals surface area contributed by atoms with E-state index >= 15 is 0 Å². The van der Waals surface area contributed by atoms with Gasteiger partial charge in [-0.05, 0) is 35.9 Å². The number of hydrogen-bond donors (Lipinski definition) is 1. The van der Waals surface area contributed by atoms with Crippen LogP contribution in [-0.2, 0) is 16.9 Å². The molecule has 6 heteroatoms. The summed E-state index contributed by atoms with van der Waals surface area (Å²) in [5, 5.41) is 11.4. The van der Waals surface area contributed by atoms with Crippen LogP contribution in [0, 0.1) is 5.82 Å². The molecule has 0 saturated heterocycles. The zero-order valence-electron chi connectivity index (χ0n) is 16.3. The zero-order chi connectivity index (χ0) is 21.3. The molecule has 0 radical (unpaired) electrons. The molecule has 1 amide bonds. The average molecular weight is 405 g/mol. The van der Waals surface area contributed by atoms with Gasteiger partial charge in [-0.15, -0.1) is 0 Å². The minimum atomic E-state index is -2.01. The van der Waals surface area contributed by atoms with Crippen LogP contribution in [0.15, 0.2) is 72.8 Å². The molecule has 1 N–H and O–H groups in total. The minimum Gasteiger partial charge on any atom is -0.496 e. The lowest BCUT2D eigenvalue weighted by Crippen LogP contribution is -2.41. The molecule has 0 spiro atoms. The molecule has 1 heterocycles. The van der Waals surface area contributed by atoms with E-state index < -0.39 is 29.5 Å². The van der Waals surface area contributed by atoms with Crippen LogP contribution in [-0.4, -0.2) is 23.9 Å². The second-order valence-electron chi connectivity index (χ2n) is 7.20. The van der Waals surface area contributed by atoms with Gasteiger partial charge in [0, 0.05) is 5.56 Å². The molecule has 0 aromatic heterocycles. The monoisotopic (exact) mass is 405 g/mol. The van der Waals surface area contributed by atoms with Crippen molar-refractivity contribution >= 4 is 17.4 Å². The topological polar surface area (TPSA) is 66.8 Å². The number of ether oxygens (including phenoxy) is 1. The number of methoxy groups -OCH3 is 1. The van der Waals surface area contributed by atoms with E-state index in [9.17, 15) is 19.1 Å². The first-order chi connectivity index (χ1) is 14.4. The SMILES string of the molecule is COc1ccccc1C(=O)CC1(O)C(=O)N(Cc2cccc(F)c2)c2ccccc21. The van der Waals surface area contributed by atoms with Crippen molar-refractivity contribution in [3.63, 3.8) is 0 Å². The Labute approximate surface area is 173 Å². The molecule has 1 unspecified atom stereocenters. The number of amides is 1. The van der Waals surface area contributed by atoms with Crippen molar-refractivity contribution in [2.45, 2.75) is 18.6 Å². The van der Waals surface area contributed by atoms with Crippen molar-refractivity contribution in [2.24, 2.45) is 0 Å². The van der Waals surface area contributed by atoms with Gasteiger partial charge in [-0.25, -0.2) is 4.39 Å². The van der Waals surface area contributed by atoms with Gasteiger partial charge in [0.25, 0.3) is 5.91 Å². The zero-order valence-corrected chi connectivity index (χ0v) is 16.3. The Bertz CT molecular complexity index is 1130. The van der Waals surface area contributed by atoms with Crippen LogP contribution in [0.1, 0.15) is 27.9 Å². The van der Waals surface area contributed by atoms with Gasteiger partial charge in [-0.1, -0.05) is 42.5 Å². The highest BCUT2D eigenvalue weighted by molar-refractivity contribution is 6.11. The summed E-state index contributed by atoms with van der Waals surface area (Å²) in [6, 6.07) is 19.4. The fourth-order valence-electron chi connectivity index (χ4n) is 3.85. The number of fused-ring (bicyclic) bond motifs is 1. The third-order valence-electron chi connectivity index (χ3n) is 5.29. The summed E-state index contributed by atoms with van der Waals surface area (Å²) in [7, 11) is 1.46. The average Bonchev–Trinajstić information content (AvgIpc) is 2.96. The van der Waals surface area contributed by atoms with E-state index in [1.807, 2.05) is 0 Å². The maximum absolute atomic E-state index is 13.6. The minimum absolute atomic E-state index is 0.0821. The Morgan fingerprint density at radius 3 is 2.57 bits per heavy atom. The second-order valence-corrected chi connectivity index (χ2v) is 7.20. The smallest absolute Gasteiger partial charge is 0.264 e. The molecular formula is C24H20FNO4. The molecule has 1 atom stereocenters. The number of aliphatic hydroxyl groups is 1. The quantitative estimate of drug-likeness (QED) is 0.633. The first-order valence-corrected chi connectivity index (χ1v) is 9.48. The summed E-state index contributed by atoms with van der Waals surface area (Å²) >= 11 is 0. The van der Waals surface area contributed by atoms with Gasteiger partial charge in [0.15, 0.2) is 11.4 Å². The van der Waals surface area contributed by atoms with Crippen LogP contribution in [0.4, 0.5) is 10.1 Å². The van der Waals surface area contributed by atoms with Gasteiger partial charge in [-0.2, -0.15) is 0 Å². The van der Waals surface area contributed by atoms with Crippen LogP contribution in [0.25, 0.3) is 0 Å². The molecule has 3 aromatic carbocycles. The van der Waals surface area contributed by atoms with E-state index in [-0.39, 0.29) is 6.54 Å². The molecule has 5 nitrogen and oxygen atoms in total. The summed E-state index contributed by atoms with van der Waals surface area (Å²) < 4.78 is 18.8. The first kappa shape index (κ1) is 19.8. The van der Waals surface area contributed by atoms with Crippen molar-refractivity contribution in [2.75, 3.05) is 12.0 Å². The number of Topliss-reactive ketones (excluding diaryl/α,β-unsaturated/α-hetero) is 1. The third-order valence-corrected chi connectivity index (χ3v) is 5.29. The van der Waals surface area contributed by atoms with Gasteiger partial charge in [0.2, 0.25) is 0 Å². The van der Waals surface area contributed by atoms with E-state index in [0.717, 1.165) is 0 Å². The largest absolute Gasteiger partial charge is 0.496 e. The molecule has 1 aliphatic heterocycles. The highest BCUT2D eigenvalue weighted by Gasteiger charge is 2.50. The van der Waals surface area contributed by atoms with E-state index in [1.54, 1.807) is 60.7 Å². The number of para-hydroxylation sites is 2. The molecule has 1 aliphatic rings. The van der Waals surface area contributed by atoms with Crippen molar-refractivity contribution < 1.29 is 23.8 Å². The molecule has 0 bridgehead atoms. The van der Waals surface area contributed by atoms with Gasteiger partial charge in [-0.3, -0.25) is 9.59 Å². The second kappa shape index (κ2) is 7.72. The van der Waals surface area contributed by atoms with Crippen LogP contribution in [0.5, 0.6) is 5.75 Å². The molecular weight excluding hydrogens is 385 g/mol. The Morgan fingerprint density at radius 2 is 1.80 bits per heavy atom. The van der Waals surface area contributed by atoms with Crippen LogP contribution >= 0.6 is 0 Å². The number of nitrogens with zero attached hydrogens (tertiary/aromatic N) is 1. The predicted octanol–water partition coefficient (Wildman–Crippen LogP) is 3.84. The Balaban J connectivity index is 1.69. The van der Waals surface area contributed by atoms with Gasteiger partial charge in [0.1, 0.15) is 11.6 Å². The first-order valence-electron chi connectivity index (χ1n) is 9.48. The number of carbonyl (C=O) groups excluding carboxylic acids is 2. The normalized spacial score (nSPS) is 17.7. The number of rotatable bonds is 6. The Kier molecular flexibility index (Phi) is 5.10. The number of anilines is 1. The maximum Gasteiger partial charge on any atom is 0.264 e. The van der Waals surface area contributed by atoms with E-state index in [2.05, 4.69) is 0 Å².